The third-order valence-corrected chi connectivity index (χ3v) is 5.05. The van der Waals surface area contributed by atoms with E-state index >= 15 is 0 Å². The van der Waals surface area contributed by atoms with Crippen molar-refractivity contribution in [2.75, 3.05) is 18.4 Å². The van der Waals surface area contributed by atoms with Crippen molar-refractivity contribution in [2.45, 2.75) is 19.3 Å². The zero-order valence-electron chi connectivity index (χ0n) is 17.1. The maximum atomic E-state index is 12.1. The second-order valence-electron chi connectivity index (χ2n) is 7.10. The fourth-order valence-corrected chi connectivity index (χ4v) is 3.32. The summed E-state index contributed by atoms with van der Waals surface area (Å²) in [5.74, 6) is 1.49. The van der Waals surface area contributed by atoms with E-state index in [-0.39, 0.29) is 11.5 Å². The third-order valence-electron chi connectivity index (χ3n) is 4.80. The SMILES string of the molecule is O=C(CCCc1nc(-c2ccc(Cl)cc2)no1)NCCNc1n[nH]c(=O)c2ccccc12. The lowest BCUT2D eigenvalue weighted by Gasteiger charge is -2.09. The third kappa shape index (κ3) is 5.30. The number of aromatic nitrogens is 4. The maximum absolute atomic E-state index is 12.1. The quantitative estimate of drug-likeness (QED) is 0.333. The topological polar surface area (TPSA) is 126 Å². The second kappa shape index (κ2) is 10.1. The van der Waals surface area contributed by atoms with Gasteiger partial charge in [0.2, 0.25) is 17.6 Å². The van der Waals surface area contributed by atoms with Crippen LogP contribution in [-0.4, -0.2) is 39.3 Å². The van der Waals surface area contributed by atoms with Gasteiger partial charge in [0.1, 0.15) is 0 Å². The van der Waals surface area contributed by atoms with Crippen molar-refractivity contribution in [1.29, 1.82) is 0 Å². The van der Waals surface area contributed by atoms with Gasteiger partial charge in [0, 0.05) is 41.9 Å². The zero-order chi connectivity index (χ0) is 22.3. The van der Waals surface area contributed by atoms with Crippen molar-refractivity contribution in [3.63, 3.8) is 0 Å². The second-order valence-corrected chi connectivity index (χ2v) is 7.53. The van der Waals surface area contributed by atoms with E-state index in [2.05, 4.69) is 31.0 Å². The van der Waals surface area contributed by atoms with Crippen molar-refractivity contribution in [3.8, 4) is 11.4 Å². The summed E-state index contributed by atoms with van der Waals surface area (Å²) in [5.41, 5.74) is 0.584. The number of carbonyl (C=O) groups is 1. The van der Waals surface area contributed by atoms with Gasteiger partial charge in [0.05, 0.1) is 5.39 Å². The first-order valence-electron chi connectivity index (χ1n) is 10.2. The van der Waals surface area contributed by atoms with Crippen molar-refractivity contribution in [1.82, 2.24) is 25.7 Å². The van der Waals surface area contributed by atoms with Gasteiger partial charge in [0.15, 0.2) is 5.82 Å². The number of fused-ring (bicyclic) bond motifs is 1. The molecule has 0 unspecified atom stereocenters. The summed E-state index contributed by atoms with van der Waals surface area (Å²) >= 11 is 5.89. The molecule has 0 aliphatic heterocycles. The maximum Gasteiger partial charge on any atom is 0.272 e. The lowest BCUT2D eigenvalue weighted by molar-refractivity contribution is -0.121. The minimum absolute atomic E-state index is 0.0662. The Bertz CT molecular complexity index is 1270. The van der Waals surface area contributed by atoms with Crippen LogP contribution in [0.15, 0.2) is 57.8 Å². The molecule has 0 radical (unpaired) electrons. The van der Waals surface area contributed by atoms with Crippen molar-refractivity contribution in [3.05, 3.63) is 69.8 Å². The van der Waals surface area contributed by atoms with Gasteiger partial charge in [-0.15, -0.1) is 0 Å². The molecule has 0 saturated carbocycles. The number of aromatic amines is 1. The molecule has 0 aliphatic rings. The molecule has 10 heteroatoms. The zero-order valence-corrected chi connectivity index (χ0v) is 17.9. The number of amides is 1. The van der Waals surface area contributed by atoms with Crippen LogP contribution in [0.5, 0.6) is 0 Å². The minimum Gasteiger partial charge on any atom is -0.366 e. The smallest absolute Gasteiger partial charge is 0.272 e. The molecule has 2 aromatic carbocycles. The fraction of sp³-hybridized carbons (Fsp3) is 0.227. The van der Waals surface area contributed by atoms with Crippen LogP contribution in [0.1, 0.15) is 18.7 Å². The lowest BCUT2D eigenvalue weighted by Crippen LogP contribution is -2.29. The molecule has 3 N–H and O–H groups in total. The standard InChI is InChI=1S/C22H21ClN6O3/c23-15-10-8-14(9-11-15)20-26-19(32-29-20)7-3-6-18(30)24-12-13-25-21-16-4-1-2-5-17(16)22(31)28-27-21/h1-2,4-5,8-11H,3,6-7,12-13H2,(H,24,30)(H,25,27)(H,28,31). The van der Waals surface area contributed by atoms with Crippen LogP contribution in [0.3, 0.4) is 0 Å². The Labute approximate surface area is 188 Å². The Morgan fingerprint density at radius 2 is 1.84 bits per heavy atom. The van der Waals surface area contributed by atoms with Gasteiger partial charge in [0.25, 0.3) is 5.56 Å². The number of hydrogen-bond donors (Lipinski definition) is 3. The van der Waals surface area contributed by atoms with Crippen molar-refractivity contribution < 1.29 is 9.32 Å². The van der Waals surface area contributed by atoms with Crippen LogP contribution in [0, 0.1) is 0 Å². The van der Waals surface area contributed by atoms with E-state index in [4.69, 9.17) is 16.1 Å². The van der Waals surface area contributed by atoms with E-state index in [1.807, 2.05) is 24.3 Å². The Morgan fingerprint density at radius 3 is 2.66 bits per heavy atom. The summed E-state index contributed by atoms with van der Waals surface area (Å²) in [7, 11) is 0. The Kier molecular flexibility index (Phi) is 6.76. The highest BCUT2D eigenvalue weighted by Gasteiger charge is 2.10. The Hall–Kier alpha value is -3.72. The summed E-state index contributed by atoms with van der Waals surface area (Å²) < 4.78 is 5.25. The molecule has 32 heavy (non-hydrogen) atoms. The fourth-order valence-electron chi connectivity index (χ4n) is 3.19. The number of anilines is 1. The molecule has 2 heterocycles. The number of rotatable bonds is 9. The molecular weight excluding hydrogens is 432 g/mol. The van der Waals surface area contributed by atoms with Crippen molar-refractivity contribution in [2.24, 2.45) is 0 Å². The molecular formula is C22H21ClN6O3. The summed E-state index contributed by atoms with van der Waals surface area (Å²) in [6.07, 6.45) is 1.45. The molecule has 0 bridgehead atoms. The van der Waals surface area contributed by atoms with Gasteiger partial charge in [-0.05, 0) is 36.8 Å². The normalized spacial score (nSPS) is 10.9. The number of nitrogens with zero attached hydrogens (tertiary/aromatic N) is 3. The molecule has 1 amide bonds. The van der Waals surface area contributed by atoms with E-state index in [0.29, 0.717) is 60.3 Å². The highest BCUT2D eigenvalue weighted by atomic mass is 35.5. The van der Waals surface area contributed by atoms with Crippen LogP contribution in [0.25, 0.3) is 22.2 Å². The molecule has 0 atom stereocenters. The van der Waals surface area contributed by atoms with Crippen LogP contribution in [0.4, 0.5) is 5.82 Å². The highest BCUT2D eigenvalue weighted by Crippen LogP contribution is 2.19. The van der Waals surface area contributed by atoms with Crippen LogP contribution in [-0.2, 0) is 11.2 Å². The van der Waals surface area contributed by atoms with Gasteiger partial charge in [-0.25, -0.2) is 5.10 Å². The van der Waals surface area contributed by atoms with Crippen LogP contribution in [0.2, 0.25) is 5.02 Å². The molecule has 9 nitrogen and oxygen atoms in total. The number of carbonyl (C=O) groups excluding carboxylic acids is 1. The van der Waals surface area contributed by atoms with E-state index in [9.17, 15) is 9.59 Å². The van der Waals surface area contributed by atoms with Gasteiger partial charge < -0.3 is 15.2 Å². The number of aryl methyl sites for hydroxylation is 1. The molecule has 0 aliphatic carbocycles. The summed E-state index contributed by atoms with van der Waals surface area (Å²) in [6, 6.07) is 14.4. The number of nitrogens with one attached hydrogen (secondary N) is 3. The van der Waals surface area contributed by atoms with E-state index in [1.165, 1.54) is 0 Å². The summed E-state index contributed by atoms with van der Waals surface area (Å²) in [6.45, 7) is 0.901. The first kappa shape index (κ1) is 21.5. The summed E-state index contributed by atoms with van der Waals surface area (Å²) in [4.78, 5) is 28.2. The molecule has 4 rings (SSSR count). The van der Waals surface area contributed by atoms with Gasteiger partial charge in [-0.1, -0.05) is 35.0 Å². The predicted octanol–water partition coefficient (Wildman–Crippen LogP) is 3.18. The van der Waals surface area contributed by atoms with E-state index in [0.717, 1.165) is 10.9 Å². The number of benzene rings is 2. The highest BCUT2D eigenvalue weighted by molar-refractivity contribution is 6.30. The first-order chi connectivity index (χ1) is 15.6. The van der Waals surface area contributed by atoms with Gasteiger partial charge in [-0.3, -0.25) is 9.59 Å². The van der Waals surface area contributed by atoms with Crippen LogP contribution < -0.4 is 16.2 Å². The monoisotopic (exact) mass is 452 g/mol. The molecule has 2 aromatic heterocycles. The lowest BCUT2D eigenvalue weighted by atomic mass is 10.2. The first-order valence-corrected chi connectivity index (χ1v) is 10.5. The largest absolute Gasteiger partial charge is 0.366 e. The van der Waals surface area contributed by atoms with Gasteiger partial charge in [-0.2, -0.15) is 10.1 Å². The molecule has 4 aromatic rings. The van der Waals surface area contributed by atoms with Gasteiger partial charge >= 0.3 is 0 Å². The molecule has 164 valence electrons. The average Bonchev–Trinajstić information content (AvgIpc) is 3.27. The van der Waals surface area contributed by atoms with Crippen molar-refractivity contribution >= 4 is 34.1 Å². The molecule has 0 fully saturated rings. The van der Waals surface area contributed by atoms with E-state index < -0.39 is 0 Å². The number of halogens is 1. The minimum atomic E-state index is -0.235. The van der Waals surface area contributed by atoms with Crippen LogP contribution >= 0.6 is 11.6 Å². The number of hydrogen-bond acceptors (Lipinski definition) is 7. The average molecular weight is 453 g/mol. The Balaban J connectivity index is 1.18. The summed E-state index contributed by atoms with van der Waals surface area (Å²) in [5, 5.41) is 18.4. The number of H-pyrrole nitrogens is 1. The molecule has 0 spiro atoms. The molecule has 0 saturated heterocycles. The predicted molar refractivity (Wildman–Crippen MR) is 122 cm³/mol. The van der Waals surface area contributed by atoms with E-state index in [1.54, 1.807) is 24.3 Å². The Morgan fingerprint density at radius 1 is 1.06 bits per heavy atom.